The van der Waals surface area contributed by atoms with Gasteiger partial charge in [-0.2, -0.15) is 24.9 Å². The normalized spacial score (nSPS) is 19.8. The van der Waals surface area contributed by atoms with Crippen LogP contribution in [0, 0.1) is 0 Å². The molecule has 0 atom stereocenters. The Balaban J connectivity index is 1.67. The van der Waals surface area contributed by atoms with Crippen LogP contribution in [0.2, 0.25) is 5.02 Å². The molecule has 0 saturated carbocycles. The topological polar surface area (TPSA) is 36.4 Å². The summed E-state index contributed by atoms with van der Waals surface area (Å²) in [6, 6.07) is 11.3. The average molecular weight is 426 g/mol. The second-order valence-electron chi connectivity index (χ2n) is 6.96. The van der Waals surface area contributed by atoms with Gasteiger partial charge in [0.15, 0.2) is 0 Å². The molecule has 4 rings (SSSR count). The van der Waals surface area contributed by atoms with Crippen LogP contribution in [0.25, 0.3) is 0 Å². The van der Waals surface area contributed by atoms with Gasteiger partial charge in [0, 0.05) is 5.02 Å². The standard InChI is InChI=1S/C20H19ClF3N3S/c21-15-6-5-14(20(22,23)24)11-13(15)12-25-18-19(7-9-28-10-8-19)27-17-4-2-1-3-16(17)26-18/h1-6,11,27H,7-10,12H2,(H,25,26). The molecule has 8 heteroatoms. The summed E-state index contributed by atoms with van der Waals surface area (Å²) in [5.41, 5.74) is 1.26. The maximum absolute atomic E-state index is 13.0. The van der Waals surface area contributed by atoms with Crippen LogP contribution in [0.4, 0.5) is 24.5 Å². The van der Waals surface area contributed by atoms with Crippen LogP contribution in [0.5, 0.6) is 0 Å². The van der Waals surface area contributed by atoms with Gasteiger partial charge in [-0.3, -0.25) is 4.99 Å². The largest absolute Gasteiger partial charge is 0.416 e. The smallest absolute Gasteiger partial charge is 0.371 e. The van der Waals surface area contributed by atoms with Crippen LogP contribution in [-0.2, 0) is 12.7 Å². The zero-order valence-corrected chi connectivity index (χ0v) is 16.5. The molecule has 1 spiro atoms. The summed E-state index contributed by atoms with van der Waals surface area (Å²) in [5.74, 6) is 2.76. The Bertz CT molecular complexity index is 908. The van der Waals surface area contributed by atoms with Crippen LogP contribution in [0.1, 0.15) is 24.0 Å². The van der Waals surface area contributed by atoms with E-state index >= 15 is 0 Å². The van der Waals surface area contributed by atoms with Crippen molar-refractivity contribution in [2.45, 2.75) is 31.1 Å². The molecule has 1 fully saturated rings. The Morgan fingerprint density at radius 2 is 1.79 bits per heavy atom. The van der Waals surface area contributed by atoms with Crippen molar-refractivity contribution >= 4 is 40.6 Å². The van der Waals surface area contributed by atoms with Crippen molar-refractivity contribution in [3.05, 3.63) is 58.6 Å². The van der Waals surface area contributed by atoms with Crippen molar-refractivity contribution < 1.29 is 13.2 Å². The van der Waals surface area contributed by atoms with E-state index < -0.39 is 11.7 Å². The first-order valence-corrected chi connectivity index (χ1v) is 10.5. The van der Waals surface area contributed by atoms with E-state index in [0.717, 1.165) is 53.7 Å². The fourth-order valence-corrected chi connectivity index (χ4v) is 4.94. The van der Waals surface area contributed by atoms with Crippen LogP contribution in [0.15, 0.2) is 47.5 Å². The molecule has 0 bridgehead atoms. The number of para-hydroxylation sites is 2. The number of alkyl halides is 3. The molecule has 0 unspecified atom stereocenters. The van der Waals surface area contributed by atoms with Crippen LogP contribution < -0.4 is 10.6 Å². The molecule has 148 valence electrons. The molecule has 0 amide bonds. The van der Waals surface area contributed by atoms with Crippen molar-refractivity contribution in [2.75, 3.05) is 22.1 Å². The number of nitrogens with one attached hydrogen (secondary N) is 2. The van der Waals surface area contributed by atoms with E-state index in [4.69, 9.17) is 16.6 Å². The summed E-state index contributed by atoms with van der Waals surface area (Å²) in [6.45, 7) is 0.0871. The molecule has 2 N–H and O–H groups in total. The Labute approximate surface area is 170 Å². The zero-order chi connectivity index (χ0) is 19.8. The lowest BCUT2D eigenvalue weighted by molar-refractivity contribution is -0.137. The summed E-state index contributed by atoms with van der Waals surface area (Å²) in [4.78, 5) is 4.70. The summed E-state index contributed by atoms with van der Waals surface area (Å²) in [6.07, 6.45) is -2.61. The van der Waals surface area contributed by atoms with Crippen LogP contribution >= 0.6 is 23.4 Å². The van der Waals surface area contributed by atoms with Gasteiger partial charge in [0.25, 0.3) is 0 Å². The summed E-state index contributed by atoms with van der Waals surface area (Å²) < 4.78 is 39.1. The molecular weight excluding hydrogens is 407 g/mol. The highest BCUT2D eigenvalue weighted by atomic mass is 35.5. The predicted molar refractivity (Wildman–Crippen MR) is 111 cm³/mol. The monoisotopic (exact) mass is 425 g/mol. The third-order valence-corrected chi connectivity index (χ3v) is 6.49. The second kappa shape index (κ2) is 7.52. The highest BCUT2D eigenvalue weighted by molar-refractivity contribution is 7.99. The van der Waals surface area contributed by atoms with Gasteiger partial charge in [-0.15, -0.1) is 0 Å². The van der Waals surface area contributed by atoms with E-state index in [1.165, 1.54) is 6.07 Å². The fraction of sp³-hybridized carbons (Fsp3) is 0.350. The number of amidine groups is 1. The van der Waals surface area contributed by atoms with Crippen LogP contribution in [-0.4, -0.2) is 22.9 Å². The van der Waals surface area contributed by atoms with E-state index in [0.29, 0.717) is 5.56 Å². The first-order valence-electron chi connectivity index (χ1n) is 9.00. The number of thioether (sulfide) groups is 1. The van der Waals surface area contributed by atoms with E-state index in [1.54, 1.807) is 0 Å². The first kappa shape index (κ1) is 19.5. The van der Waals surface area contributed by atoms with Gasteiger partial charge in [-0.1, -0.05) is 23.7 Å². The zero-order valence-electron chi connectivity index (χ0n) is 14.9. The molecule has 1 saturated heterocycles. The van der Waals surface area contributed by atoms with Crippen molar-refractivity contribution in [1.82, 2.24) is 0 Å². The highest BCUT2D eigenvalue weighted by Crippen LogP contribution is 2.39. The molecule has 2 heterocycles. The third kappa shape index (κ3) is 3.82. The van der Waals surface area contributed by atoms with Gasteiger partial charge in [0.2, 0.25) is 0 Å². The molecule has 0 radical (unpaired) electrons. The number of rotatable bonds is 2. The minimum Gasteiger partial charge on any atom is -0.371 e. The van der Waals surface area contributed by atoms with Crippen molar-refractivity contribution in [2.24, 2.45) is 4.99 Å². The summed E-state index contributed by atoms with van der Waals surface area (Å²) >= 11 is 8.04. The number of halogens is 4. The number of benzene rings is 2. The van der Waals surface area contributed by atoms with Gasteiger partial charge >= 0.3 is 6.18 Å². The quantitative estimate of drug-likeness (QED) is 0.614. The summed E-state index contributed by atoms with van der Waals surface area (Å²) in [7, 11) is 0. The molecule has 3 nitrogen and oxygen atoms in total. The maximum Gasteiger partial charge on any atom is 0.416 e. The third-order valence-electron chi connectivity index (χ3n) is 5.13. The Hall–Kier alpha value is -1.86. The van der Waals surface area contributed by atoms with E-state index in [2.05, 4.69) is 10.6 Å². The molecule has 2 aromatic carbocycles. The molecular formula is C20H19ClF3N3S. The molecule has 0 aliphatic carbocycles. The van der Waals surface area contributed by atoms with E-state index in [9.17, 15) is 13.2 Å². The average Bonchev–Trinajstić information content (AvgIpc) is 2.67. The molecule has 0 aromatic heterocycles. The number of aliphatic imine (C=N–C) groups is 1. The Morgan fingerprint density at radius 3 is 2.50 bits per heavy atom. The SMILES string of the molecule is FC(F)(F)c1ccc(Cl)c(CN=C2Nc3ccccc3NC23CCSCC3)c1. The lowest BCUT2D eigenvalue weighted by Crippen LogP contribution is -2.54. The lowest BCUT2D eigenvalue weighted by Gasteiger charge is -2.43. The van der Waals surface area contributed by atoms with Gasteiger partial charge in [-0.05, 0) is 60.2 Å². The highest BCUT2D eigenvalue weighted by Gasteiger charge is 2.41. The minimum atomic E-state index is -4.40. The Morgan fingerprint density at radius 1 is 1.07 bits per heavy atom. The predicted octanol–water partition coefficient (Wildman–Crippen LogP) is 6.06. The minimum absolute atomic E-state index is 0.0871. The van der Waals surface area contributed by atoms with E-state index in [-0.39, 0.29) is 17.1 Å². The molecule has 2 aliphatic rings. The Kier molecular flexibility index (Phi) is 5.22. The van der Waals surface area contributed by atoms with Gasteiger partial charge < -0.3 is 10.6 Å². The fourth-order valence-electron chi connectivity index (χ4n) is 3.57. The second-order valence-corrected chi connectivity index (χ2v) is 8.59. The number of nitrogens with zero attached hydrogens (tertiary/aromatic N) is 1. The molecule has 2 aliphatic heterocycles. The number of anilines is 2. The number of hydrogen-bond acceptors (Lipinski definition) is 3. The van der Waals surface area contributed by atoms with Crippen molar-refractivity contribution in [3.63, 3.8) is 0 Å². The first-order chi connectivity index (χ1) is 13.4. The van der Waals surface area contributed by atoms with Gasteiger partial charge in [-0.25, -0.2) is 0 Å². The van der Waals surface area contributed by atoms with Crippen LogP contribution in [0.3, 0.4) is 0 Å². The van der Waals surface area contributed by atoms with Crippen molar-refractivity contribution in [3.8, 4) is 0 Å². The van der Waals surface area contributed by atoms with E-state index in [1.807, 2.05) is 36.0 Å². The van der Waals surface area contributed by atoms with Gasteiger partial charge in [0.05, 0.1) is 29.0 Å². The maximum atomic E-state index is 13.0. The van der Waals surface area contributed by atoms with Gasteiger partial charge in [0.1, 0.15) is 5.84 Å². The number of fused-ring (bicyclic) bond motifs is 1. The number of hydrogen-bond donors (Lipinski definition) is 2. The lowest BCUT2D eigenvalue weighted by atomic mass is 9.87. The summed E-state index contributed by atoms with van der Waals surface area (Å²) in [5, 5.41) is 7.32. The molecule has 2 aromatic rings. The molecule has 28 heavy (non-hydrogen) atoms. The van der Waals surface area contributed by atoms with Crippen molar-refractivity contribution in [1.29, 1.82) is 0 Å².